The van der Waals surface area contributed by atoms with Gasteiger partial charge in [0.25, 0.3) is 0 Å². The molecule has 1 fully saturated rings. The zero-order valence-corrected chi connectivity index (χ0v) is 13.5. The predicted octanol–water partition coefficient (Wildman–Crippen LogP) is 4.66. The van der Waals surface area contributed by atoms with Crippen LogP contribution in [0.1, 0.15) is 41.6 Å². The maximum atomic E-state index is 12.2. The Morgan fingerprint density at radius 3 is 2.83 bits per heavy atom. The van der Waals surface area contributed by atoms with Crippen LogP contribution in [0.4, 0.5) is 0 Å². The van der Waals surface area contributed by atoms with Crippen LogP contribution in [0.2, 0.25) is 0 Å². The molecule has 18 heavy (non-hydrogen) atoms. The van der Waals surface area contributed by atoms with E-state index in [2.05, 4.69) is 31.9 Å². The largest absolute Gasteiger partial charge is 0.378 e. The summed E-state index contributed by atoms with van der Waals surface area (Å²) in [6, 6.07) is 3.88. The van der Waals surface area contributed by atoms with Gasteiger partial charge in [0.2, 0.25) is 0 Å². The summed E-state index contributed by atoms with van der Waals surface area (Å²) in [4.78, 5) is 12.2. The highest BCUT2D eigenvalue weighted by molar-refractivity contribution is 9.11. The van der Waals surface area contributed by atoms with Crippen LogP contribution in [-0.2, 0) is 4.74 Å². The molecule has 0 spiro atoms. The van der Waals surface area contributed by atoms with Crippen molar-refractivity contribution in [3.63, 3.8) is 0 Å². The number of benzene rings is 1. The number of ether oxygens (including phenoxy) is 1. The van der Waals surface area contributed by atoms with Crippen LogP contribution in [0, 0.1) is 6.92 Å². The van der Waals surface area contributed by atoms with Crippen molar-refractivity contribution in [1.29, 1.82) is 0 Å². The Morgan fingerprint density at radius 2 is 2.17 bits per heavy atom. The minimum absolute atomic E-state index is 0.179. The quantitative estimate of drug-likeness (QED) is 0.715. The third-order valence-electron chi connectivity index (χ3n) is 3.27. The SMILES string of the molecule is Cc1cc(Br)c(C(=O)CCC2CCCO2)cc1Br. The van der Waals surface area contributed by atoms with Crippen LogP contribution < -0.4 is 0 Å². The van der Waals surface area contributed by atoms with Crippen LogP contribution in [-0.4, -0.2) is 18.5 Å². The molecule has 1 atom stereocenters. The molecule has 0 aromatic heterocycles. The Hall–Kier alpha value is -0.190. The summed E-state index contributed by atoms with van der Waals surface area (Å²) in [6.07, 6.45) is 3.88. The van der Waals surface area contributed by atoms with Crippen molar-refractivity contribution in [3.8, 4) is 0 Å². The first kappa shape index (κ1) is 14.2. The number of hydrogen-bond acceptors (Lipinski definition) is 2. The maximum absolute atomic E-state index is 12.2. The topological polar surface area (TPSA) is 26.3 Å². The summed E-state index contributed by atoms with van der Waals surface area (Å²) in [5, 5.41) is 0. The number of halogens is 2. The van der Waals surface area contributed by atoms with E-state index >= 15 is 0 Å². The first-order valence-electron chi connectivity index (χ1n) is 6.18. The van der Waals surface area contributed by atoms with Gasteiger partial charge in [-0.2, -0.15) is 0 Å². The average Bonchev–Trinajstić information content (AvgIpc) is 2.84. The van der Waals surface area contributed by atoms with Gasteiger partial charge in [-0.3, -0.25) is 4.79 Å². The van der Waals surface area contributed by atoms with E-state index in [-0.39, 0.29) is 11.9 Å². The second-order valence-corrected chi connectivity index (χ2v) is 6.39. The third kappa shape index (κ3) is 3.43. The lowest BCUT2D eigenvalue weighted by molar-refractivity contribution is 0.0859. The molecule has 4 heteroatoms. The van der Waals surface area contributed by atoms with Gasteiger partial charge < -0.3 is 4.74 Å². The second kappa shape index (κ2) is 6.31. The minimum atomic E-state index is 0.179. The molecule has 1 aliphatic rings. The van der Waals surface area contributed by atoms with E-state index in [4.69, 9.17) is 4.74 Å². The van der Waals surface area contributed by atoms with E-state index in [1.807, 2.05) is 19.1 Å². The van der Waals surface area contributed by atoms with Crippen LogP contribution in [0.3, 0.4) is 0 Å². The molecule has 98 valence electrons. The van der Waals surface area contributed by atoms with Gasteiger partial charge in [-0.15, -0.1) is 0 Å². The summed E-state index contributed by atoms with van der Waals surface area (Å²) in [6.45, 7) is 2.86. The fourth-order valence-corrected chi connectivity index (χ4v) is 3.18. The zero-order valence-electron chi connectivity index (χ0n) is 10.3. The molecule has 0 amide bonds. The van der Waals surface area contributed by atoms with Crippen LogP contribution >= 0.6 is 31.9 Å². The van der Waals surface area contributed by atoms with E-state index in [0.29, 0.717) is 6.42 Å². The van der Waals surface area contributed by atoms with Crippen LogP contribution in [0.25, 0.3) is 0 Å². The molecule has 1 heterocycles. The van der Waals surface area contributed by atoms with Crippen molar-refractivity contribution in [2.75, 3.05) is 6.61 Å². The van der Waals surface area contributed by atoms with Crippen molar-refractivity contribution in [2.45, 2.75) is 38.7 Å². The summed E-state index contributed by atoms with van der Waals surface area (Å²) < 4.78 is 7.39. The monoisotopic (exact) mass is 374 g/mol. The molecule has 0 saturated carbocycles. The number of carbonyl (C=O) groups is 1. The molecule has 1 unspecified atom stereocenters. The van der Waals surface area contributed by atoms with Crippen LogP contribution in [0.5, 0.6) is 0 Å². The van der Waals surface area contributed by atoms with E-state index < -0.39 is 0 Å². The maximum Gasteiger partial charge on any atom is 0.164 e. The Kier molecular flexibility index (Phi) is 4.98. The van der Waals surface area contributed by atoms with Gasteiger partial charge in [0.15, 0.2) is 5.78 Å². The number of carbonyl (C=O) groups excluding carboxylic acids is 1. The second-order valence-electron chi connectivity index (χ2n) is 4.68. The van der Waals surface area contributed by atoms with E-state index in [1.165, 1.54) is 0 Å². The van der Waals surface area contributed by atoms with Crippen molar-refractivity contribution in [2.24, 2.45) is 0 Å². The molecule has 0 bridgehead atoms. The molecule has 2 nitrogen and oxygen atoms in total. The van der Waals surface area contributed by atoms with E-state index in [0.717, 1.165) is 45.9 Å². The third-order valence-corrected chi connectivity index (χ3v) is 4.78. The van der Waals surface area contributed by atoms with Crippen molar-refractivity contribution >= 4 is 37.6 Å². The lowest BCUT2D eigenvalue weighted by atomic mass is 10.0. The highest BCUT2D eigenvalue weighted by Gasteiger charge is 2.18. The lowest BCUT2D eigenvalue weighted by Crippen LogP contribution is -2.09. The molecule has 0 radical (unpaired) electrons. The number of hydrogen-bond donors (Lipinski definition) is 0. The molecule has 1 aromatic carbocycles. The molecule has 0 aliphatic carbocycles. The van der Waals surface area contributed by atoms with Gasteiger partial charge >= 0.3 is 0 Å². The normalized spacial score (nSPS) is 19.2. The van der Waals surface area contributed by atoms with Gasteiger partial charge in [0.05, 0.1) is 6.10 Å². The Morgan fingerprint density at radius 1 is 1.39 bits per heavy atom. The van der Waals surface area contributed by atoms with Gasteiger partial charge in [0.1, 0.15) is 0 Å². The Balaban J connectivity index is 2.01. The zero-order chi connectivity index (χ0) is 13.1. The van der Waals surface area contributed by atoms with Gasteiger partial charge in [-0.1, -0.05) is 31.9 Å². The molecule has 2 rings (SSSR count). The number of ketones is 1. The van der Waals surface area contributed by atoms with Crippen molar-refractivity contribution < 1.29 is 9.53 Å². The minimum Gasteiger partial charge on any atom is -0.378 e. The van der Waals surface area contributed by atoms with Crippen molar-refractivity contribution in [3.05, 3.63) is 32.2 Å². The van der Waals surface area contributed by atoms with Gasteiger partial charge in [-0.25, -0.2) is 0 Å². The summed E-state index contributed by atoms with van der Waals surface area (Å²) in [7, 11) is 0. The predicted molar refractivity (Wildman–Crippen MR) is 79.1 cm³/mol. The molecular formula is C14H16Br2O2. The van der Waals surface area contributed by atoms with Gasteiger partial charge in [0, 0.05) is 27.5 Å². The number of rotatable bonds is 4. The Bertz CT molecular complexity index is 451. The molecule has 1 aliphatic heterocycles. The summed E-state index contributed by atoms with van der Waals surface area (Å²) >= 11 is 6.93. The molecule has 1 saturated heterocycles. The Labute approximate surface area is 124 Å². The van der Waals surface area contributed by atoms with E-state index in [9.17, 15) is 4.79 Å². The first-order valence-corrected chi connectivity index (χ1v) is 7.77. The molecule has 1 aromatic rings. The first-order chi connectivity index (χ1) is 8.58. The number of Topliss-reactive ketones (excluding diaryl/α,β-unsaturated/α-hetero) is 1. The number of aryl methyl sites for hydroxylation is 1. The average molecular weight is 376 g/mol. The fourth-order valence-electron chi connectivity index (χ4n) is 2.16. The van der Waals surface area contributed by atoms with Gasteiger partial charge in [-0.05, 0) is 43.9 Å². The summed E-state index contributed by atoms with van der Waals surface area (Å²) in [5.74, 6) is 0.179. The highest BCUT2D eigenvalue weighted by atomic mass is 79.9. The molecule has 0 N–H and O–H groups in total. The van der Waals surface area contributed by atoms with E-state index in [1.54, 1.807) is 0 Å². The fraction of sp³-hybridized carbons (Fsp3) is 0.500. The lowest BCUT2D eigenvalue weighted by Gasteiger charge is -2.10. The standard InChI is InChI=1S/C14H16Br2O2/c1-9-7-13(16)11(8-12(9)15)14(17)5-4-10-3-2-6-18-10/h7-8,10H,2-6H2,1H3. The van der Waals surface area contributed by atoms with Crippen molar-refractivity contribution in [1.82, 2.24) is 0 Å². The smallest absolute Gasteiger partial charge is 0.164 e. The van der Waals surface area contributed by atoms with Crippen LogP contribution in [0.15, 0.2) is 21.1 Å². The summed E-state index contributed by atoms with van der Waals surface area (Å²) in [5.41, 5.74) is 1.88. The molecular weight excluding hydrogens is 360 g/mol. The highest BCUT2D eigenvalue weighted by Crippen LogP contribution is 2.27.